The second-order valence-corrected chi connectivity index (χ2v) is 8.12. The Hall–Kier alpha value is -2.76. The summed E-state index contributed by atoms with van der Waals surface area (Å²) in [4.78, 5) is 28.6. The third-order valence-corrected chi connectivity index (χ3v) is 5.13. The molecule has 0 bridgehead atoms. The first kappa shape index (κ1) is 20.0. The zero-order chi connectivity index (χ0) is 20.5. The van der Waals surface area contributed by atoms with Gasteiger partial charge in [-0.25, -0.2) is 23.3 Å². The van der Waals surface area contributed by atoms with Crippen LogP contribution in [0.25, 0.3) is 5.65 Å². The number of aromatic nitrogens is 2. The molecule has 0 unspecified atom stereocenters. The summed E-state index contributed by atoms with van der Waals surface area (Å²) in [6.07, 6.45) is 1.57. The first-order valence-corrected chi connectivity index (χ1v) is 10.1. The molecule has 0 aliphatic rings. The number of esters is 1. The number of carbonyl (C=O) groups excluding carboxylic acids is 1. The second-order valence-electron chi connectivity index (χ2n) is 5.64. The van der Waals surface area contributed by atoms with Gasteiger partial charge in [0, 0.05) is 16.7 Å². The number of hydrogen-bond acceptors (Lipinski definition) is 7. The van der Waals surface area contributed by atoms with E-state index in [1.54, 1.807) is 18.3 Å². The molecule has 0 amide bonds. The van der Waals surface area contributed by atoms with Gasteiger partial charge in [-0.05, 0) is 46.3 Å². The molecule has 0 saturated carbocycles. The van der Waals surface area contributed by atoms with Crippen LogP contribution in [0.2, 0.25) is 0 Å². The lowest BCUT2D eigenvalue weighted by Gasteiger charge is -2.10. The second kappa shape index (κ2) is 7.70. The molecule has 28 heavy (non-hydrogen) atoms. The molecule has 0 saturated heterocycles. The van der Waals surface area contributed by atoms with Crippen LogP contribution in [0, 0.1) is 0 Å². The molecule has 11 heteroatoms. The van der Waals surface area contributed by atoms with E-state index in [0.717, 1.165) is 6.07 Å². The van der Waals surface area contributed by atoms with Crippen molar-refractivity contribution in [2.24, 2.45) is 5.14 Å². The normalized spacial score (nSPS) is 11.4. The van der Waals surface area contributed by atoms with Gasteiger partial charge < -0.3 is 9.47 Å². The van der Waals surface area contributed by atoms with E-state index >= 15 is 0 Å². The van der Waals surface area contributed by atoms with E-state index in [4.69, 9.17) is 14.6 Å². The van der Waals surface area contributed by atoms with E-state index in [-0.39, 0.29) is 34.1 Å². The Morgan fingerprint density at radius 1 is 1.25 bits per heavy atom. The van der Waals surface area contributed by atoms with Crippen molar-refractivity contribution in [1.82, 2.24) is 9.38 Å². The Labute approximate surface area is 167 Å². The third-order valence-electron chi connectivity index (χ3n) is 3.75. The van der Waals surface area contributed by atoms with Crippen LogP contribution >= 0.6 is 15.9 Å². The number of fused-ring (bicyclic) bond motifs is 1. The lowest BCUT2D eigenvalue weighted by Crippen LogP contribution is -2.17. The number of methoxy groups -OCH3 is 1. The molecular weight excluding hydrogens is 454 g/mol. The highest BCUT2D eigenvalue weighted by Crippen LogP contribution is 2.23. The summed E-state index contributed by atoms with van der Waals surface area (Å²) in [5.41, 5.74) is 0.166. The van der Waals surface area contributed by atoms with Crippen molar-refractivity contribution < 1.29 is 22.7 Å². The Bertz CT molecular complexity index is 1240. The number of ether oxygens (including phenoxy) is 2. The van der Waals surface area contributed by atoms with Gasteiger partial charge in [0.2, 0.25) is 10.0 Å². The summed E-state index contributed by atoms with van der Waals surface area (Å²) >= 11 is 3.27. The monoisotopic (exact) mass is 467 g/mol. The number of nitrogens with two attached hydrogens (primary N) is 1. The lowest BCUT2D eigenvalue weighted by atomic mass is 10.2. The highest BCUT2D eigenvalue weighted by molar-refractivity contribution is 9.10. The molecule has 3 rings (SSSR count). The maximum absolute atomic E-state index is 12.4. The van der Waals surface area contributed by atoms with Crippen LogP contribution in [0.3, 0.4) is 0 Å². The first-order valence-electron chi connectivity index (χ1n) is 7.75. The van der Waals surface area contributed by atoms with E-state index < -0.39 is 16.0 Å². The van der Waals surface area contributed by atoms with Crippen LogP contribution in [-0.4, -0.2) is 30.9 Å². The molecule has 1 aromatic carbocycles. The van der Waals surface area contributed by atoms with Crippen LogP contribution in [-0.2, 0) is 21.4 Å². The minimum absolute atomic E-state index is 0.115. The fourth-order valence-corrected chi connectivity index (χ4v) is 3.32. The highest BCUT2D eigenvalue weighted by atomic mass is 79.9. The molecule has 2 aromatic heterocycles. The minimum atomic E-state index is -4.01. The maximum atomic E-state index is 12.4. The molecular formula is C17H14BrN3O6S. The number of carbonyl (C=O) groups is 1. The number of pyridine rings is 1. The Morgan fingerprint density at radius 2 is 2.00 bits per heavy atom. The largest absolute Gasteiger partial charge is 0.496 e. The molecule has 146 valence electrons. The fraction of sp³-hybridized carbons (Fsp3) is 0.118. The van der Waals surface area contributed by atoms with Gasteiger partial charge in [-0.2, -0.15) is 0 Å². The molecule has 0 atom stereocenters. The van der Waals surface area contributed by atoms with Gasteiger partial charge in [0.15, 0.2) is 0 Å². The number of sulfonamides is 1. The molecule has 0 fully saturated rings. The van der Waals surface area contributed by atoms with Gasteiger partial charge in [0.1, 0.15) is 23.6 Å². The van der Waals surface area contributed by atoms with Crippen LogP contribution in [0.15, 0.2) is 56.8 Å². The number of hydrogen-bond donors (Lipinski definition) is 1. The Balaban J connectivity index is 1.87. The molecule has 0 radical (unpaired) electrons. The summed E-state index contributed by atoms with van der Waals surface area (Å²) in [6.45, 7) is -0.288. The number of nitrogens with zero attached hydrogens (tertiary/aromatic N) is 2. The Morgan fingerprint density at radius 3 is 2.68 bits per heavy atom. The van der Waals surface area contributed by atoms with Gasteiger partial charge in [0.25, 0.3) is 5.56 Å². The van der Waals surface area contributed by atoms with E-state index in [0.29, 0.717) is 10.1 Å². The van der Waals surface area contributed by atoms with Crippen LogP contribution in [0.4, 0.5) is 0 Å². The van der Waals surface area contributed by atoms with Crippen molar-refractivity contribution >= 4 is 37.6 Å². The smallest absolute Gasteiger partial charge is 0.342 e. The first-order chi connectivity index (χ1) is 13.2. The number of rotatable bonds is 5. The zero-order valence-corrected chi connectivity index (χ0v) is 16.9. The lowest BCUT2D eigenvalue weighted by molar-refractivity contribution is 0.0463. The molecule has 0 aliphatic heterocycles. The predicted molar refractivity (Wildman–Crippen MR) is 103 cm³/mol. The van der Waals surface area contributed by atoms with Crippen LogP contribution < -0.4 is 15.4 Å². The molecule has 3 aromatic rings. The zero-order valence-electron chi connectivity index (χ0n) is 14.5. The number of primary sulfonamides is 1. The van der Waals surface area contributed by atoms with Crippen molar-refractivity contribution in [2.75, 3.05) is 7.11 Å². The minimum Gasteiger partial charge on any atom is -0.496 e. The number of benzene rings is 1. The SMILES string of the molecule is COc1ccc(S(N)(=O)=O)cc1C(=O)OCc1cc(=O)n2cc(Br)ccc2n1. The highest BCUT2D eigenvalue weighted by Gasteiger charge is 2.19. The van der Waals surface area contributed by atoms with E-state index in [1.807, 2.05) is 0 Å². The maximum Gasteiger partial charge on any atom is 0.342 e. The number of halogens is 1. The predicted octanol–water partition coefficient (Wildman–Crippen LogP) is 1.47. The van der Waals surface area contributed by atoms with Crippen LogP contribution in [0.5, 0.6) is 5.75 Å². The van der Waals surface area contributed by atoms with E-state index in [1.165, 1.54) is 29.7 Å². The molecule has 2 N–H and O–H groups in total. The average molecular weight is 468 g/mol. The quantitative estimate of drug-likeness (QED) is 0.562. The summed E-state index contributed by atoms with van der Waals surface area (Å²) in [5, 5.41) is 5.09. The summed E-state index contributed by atoms with van der Waals surface area (Å²) in [5.74, 6) is -0.728. The van der Waals surface area contributed by atoms with Gasteiger partial charge in [-0.15, -0.1) is 0 Å². The molecule has 2 heterocycles. The summed E-state index contributed by atoms with van der Waals surface area (Å²) in [6, 6.07) is 8.18. The van der Waals surface area contributed by atoms with Crippen molar-refractivity contribution in [3.63, 3.8) is 0 Å². The van der Waals surface area contributed by atoms with Crippen molar-refractivity contribution in [3.05, 3.63) is 68.7 Å². The van der Waals surface area contributed by atoms with Gasteiger partial charge >= 0.3 is 5.97 Å². The molecule has 0 aliphatic carbocycles. The molecule has 0 spiro atoms. The Kier molecular flexibility index (Phi) is 5.49. The van der Waals surface area contributed by atoms with Gasteiger partial charge in [-0.1, -0.05) is 0 Å². The summed E-state index contributed by atoms with van der Waals surface area (Å²) < 4.78 is 35.3. The van der Waals surface area contributed by atoms with Crippen molar-refractivity contribution in [1.29, 1.82) is 0 Å². The fourth-order valence-electron chi connectivity index (χ4n) is 2.44. The topological polar surface area (TPSA) is 130 Å². The van der Waals surface area contributed by atoms with E-state index in [9.17, 15) is 18.0 Å². The average Bonchev–Trinajstić information content (AvgIpc) is 2.65. The molecule has 9 nitrogen and oxygen atoms in total. The van der Waals surface area contributed by atoms with Crippen molar-refractivity contribution in [2.45, 2.75) is 11.5 Å². The van der Waals surface area contributed by atoms with Gasteiger partial charge in [0.05, 0.1) is 17.7 Å². The van der Waals surface area contributed by atoms with E-state index in [2.05, 4.69) is 20.9 Å². The van der Waals surface area contributed by atoms with Crippen LogP contribution in [0.1, 0.15) is 16.1 Å². The summed E-state index contributed by atoms with van der Waals surface area (Å²) in [7, 11) is -2.68. The third kappa shape index (κ3) is 4.21. The van der Waals surface area contributed by atoms with Gasteiger partial charge in [-0.3, -0.25) is 9.20 Å². The standard InChI is InChI=1S/C17H14BrN3O6S/c1-26-14-4-3-12(28(19,24)25)7-13(14)17(23)27-9-11-6-16(22)21-8-10(18)2-5-15(21)20-11/h2-8H,9H2,1H3,(H2,19,24,25). The van der Waals surface area contributed by atoms with Crippen molar-refractivity contribution in [3.8, 4) is 5.75 Å².